The lowest BCUT2D eigenvalue weighted by Crippen LogP contribution is -2.29. The molecular weight excluding hydrogens is 519 g/mol. The summed E-state index contributed by atoms with van der Waals surface area (Å²) in [6, 6.07) is 10.4. The fourth-order valence-corrected chi connectivity index (χ4v) is 5.94. The molecule has 1 saturated carbocycles. The second-order valence-corrected chi connectivity index (χ2v) is 11.0. The van der Waals surface area contributed by atoms with E-state index >= 15 is 0 Å². The van der Waals surface area contributed by atoms with Gasteiger partial charge in [-0.25, -0.2) is 9.97 Å². The molecule has 0 spiro atoms. The highest BCUT2D eigenvalue weighted by atomic mass is 19.4. The van der Waals surface area contributed by atoms with Crippen molar-refractivity contribution in [3.05, 3.63) is 65.0 Å². The molecule has 3 N–H and O–H groups in total. The molecule has 1 aromatic carbocycles. The minimum atomic E-state index is -4.49. The normalized spacial score (nSPS) is 20.1. The van der Waals surface area contributed by atoms with E-state index in [1.807, 2.05) is 24.3 Å². The lowest BCUT2D eigenvalue weighted by Gasteiger charge is -2.24. The summed E-state index contributed by atoms with van der Waals surface area (Å²) in [6.45, 7) is 3.73. The maximum Gasteiger partial charge on any atom is 0.419 e. The van der Waals surface area contributed by atoms with Gasteiger partial charge in [-0.3, -0.25) is 4.79 Å². The molecule has 4 heterocycles. The van der Waals surface area contributed by atoms with Crippen molar-refractivity contribution >= 4 is 29.2 Å². The molecule has 0 radical (unpaired) electrons. The maximum atomic E-state index is 13.8. The van der Waals surface area contributed by atoms with Crippen LogP contribution in [-0.2, 0) is 29.2 Å². The summed E-state index contributed by atoms with van der Waals surface area (Å²) in [4.78, 5) is 29.8. The molecule has 3 aromatic rings. The number of rotatable bonds is 6. The first-order chi connectivity index (χ1) is 19.2. The number of carbonyl (C=O) groups is 1. The molecule has 6 rings (SSSR count). The monoisotopic (exact) mass is 551 g/mol. The molecule has 1 aliphatic carbocycles. The van der Waals surface area contributed by atoms with Crippen molar-refractivity contribution in [1.82, 2.24) is 15.0 Å². The lowest BCUT2D eigenvalue weighted by atomic mass is 9.95. The van der Waals surface area contributed by atoms with Gasteiger partial charge in [0.15, 0.2) is 0 Å². The Morgan fingerprint density at radius 1 is 1.07 bits per heavy atom. The van der Waals surface area contributed by atoms with Crippen LogP contribution in [0, 0.1) is 0 Å². The molecule has 1 atom stereocenters. The number of fused-ring (bicyclic) bond motifs is 1. The van der Waals surface area contributed by atoms with Crippen molar-refractivity contribution < 1.29 is 18.0 Å². The van der Waals surface area contributed by atoms with E-state index in [0.29, 0.717) is 43.7 Å². The quantitative estimate of drug-likeness (QED) is 0.456. The van der Waals surface area contributed by atoms with Gasteiger partial charge in [-0.15, -0.1) is 0 Å². The Balaban J connectivity index is 1.32. The number of nitrogens with zero attached hydrogens (tertiary/aromatic N) is 5. The molecule has 1 amide bonds. The van der Waals surface area contributed by atoms with E-state index in [0.717, 1.165) is 60.8 Å². The molecule has 8 nitrogen and oxygen atoms in total. The van der Waals surface area contributed by atoms with Gasteiger partial charge in [0, 0.05) is 49.5 Å². The second kappa shape index (κ2) is 9.94. The highest BCUT2D eigenvalue weighted by molar-refractivity contribution is 5.90. The number of pyridine rings is 1. The van der Waals surface area contributed by atoms with Crippen molar-refractivity contribution in [3.63, 3.8) is 0 Å². The topological polar surface area (TPSA) is 100 Å². The Bertz CT molecular complexity index is 1420. The molecule has 11 heteroatoms. The number of hydrogen-bond donors (Lipinski definition) is 2. The fraction of sp³-hybridized carbons (Fsp3) is 0.448. The van der Waals surface area contributed by atoms with Crippen LogP contribution in [0.5, 0.6) is 0 Å². The SMILES string of the molecule is CC1CCCN1c1nc2c(c(Nc3ccc(C4(C(N)=O)CC4)cc3)n1)CCN(c1ncccc1C(F)(F)F)CC2. The molecule has 1 saturated heterocycles. The summed E-state index contributed by atoms with van der Waals surface area (Å²) in [7, 11) is 0. The molecular formula is C29H32F3N7O. The number of benzene rings is 1. The Labute approximate surface area is 230 Å². The lowest BCUT2D eigenvalue weighted by molar-refractivity contribution is -0.137. The molecule has 0 bridgehead atoms. The maximum absolute atomic E-state index is 13.8. The van der Waals surface area contributed by atoms with Gasteiger partial charge in [-0.05, 0) is 68.9 Å². The summed E-state index contributed by atoms with van der Waals surface area (Å²) in [6.07, 6.45) is 1.47. The zero-order chi connectivity index (χ0) is 28.1. The zero-order valence-electron chi connectivity index (χ0n) is 22.3. The van der Waals surface area contributed by atoms with Crippen molar-refractivity contribution in [2.24, 2.45) is 5.73 Å². The van der Waals surface area contributed by atoms with Gasteiger partial charge in [0.05, 0.1) is 16.7 Å². The van der Waals surface area contributed by atoms with E-state index in [9.17, 15) is 18.0 Å². The van der Waals surface area contributed by atoms with Crippen molar-refractivity contribution in [2.45, 2.75) is 63.1 Å². The van der Waals surface area contributed by atoms with Crippen LogP contribution in [-0.4, -0.2) is 46.5 Å². The van der Waals surface area contributed by atoms with Crippen molar-refractivity contribution in [1.29, 1.82) is 0 Å². The average molecular weight is 552 g/mol. The highest BCUT2D eigenvalue weighted by Crippen LogP contribution is 2.48. The highest BCUT2D eigenvalue weighted by Gasteiger charge is 2.49. The van der Waals surface area contributed by atoms with Crippen LogP contribution in [0.15, 0.2) is 42.6 Å². The van der Waals surface area contributed by atoms with Gasteiger partial charge in [0.2, 0.25) is 11.9 Å². The standard InChI is InChI=1S/C29H32F3N7O/c1-18-4-3-15-39(18)27-36-23-11-17-38(25-22(29(30,31)32)5-2-14-34-25)16-10-21(23)24(37-27)35-20-8-6-19(7-9-20)28(12-13-28)26(33)40/h2,5-9,14,18H,3-4,10-13,15-17H2,1H3,(H2,33,40)(H,35,36,37). The van der Waals surface area contributed by atoms with Crippen LogP contribution in [0.25, 0.3) is 0 Å². The van der Waals surface area contributed by atoms with Gasteiger partial charge in [0.1, 0.15) is 11.6 Å². The van der Waals surface area contributed by atoms with Crippen LogP contribution in [0.3, 0.4) is 0 Å². The number of alkyl halides is 3. The molecule has 2 aliphatic heterocycles. The smallest absolute Gasteiger partial charge is 0.369 e. The number of nitrogens with one attached hydrogen (secondary N) is 1. The third-order valence-electron chi connectivity index (χ3n) is 8.45. The number of hydrogen-bond acceptors (Lipinski definition) is 7. The van der Waals surface area contributed by atoms with Gasteiger partial charge in [0.25, 0.3) is 0 Å². The number of anilines is 4. The van der Waals surface area contributed by atoms with Crippen LogP contribution in [0.4, 0.5) is 36.4 Å². The predicted molar refractivity (Wildman–Crippen MR) is 147 cm³/mol. The summed E-state index contributed by atoms with van der Waals surface area (Å²) in [5.41, 5.74) is 7.78. The third kappa shape index (κ3) is 4.82. The van der Waals surface area contributed by atoms with Crippen LogP contribution in [0.1, 0.15) is 55.0 Å². The van der Waals surface area contributed by atoms with Crippen molar-refractivity contribution in [3.8, 4) is 0 Å². The van der Waals surface area contributed by atoms with E-state index in [1.54, 1.807) is 4.90 Å². The molecule has 210 valence electrons. The first-order valence-electron chi connectivity index (χ1n) is 13.8. The fourth-order valence-electron chi connectivity index (χ4n) is 5.94. The van der Waals surface area contributed by atoms with Crippen LogP contribution >= 0.6 is 0 Å². The van der Waals surface area contributed by atoms with E-state index in [4.69, 9.17) is 15.7 Å². The average Bonchev–Trinajstić information content (AvgIpc) is 3.68. The Morgan fingerprint density at radius 3 is 2.48 bits per heavy atom. The van der Waals surface area contributed by atoms with Gasteiger partial charge in [-0.2, -0.15) is 18.2 Å². The minimum absolute atomic E-state index is 0.0577. The van der Waals surface area contributed by atoms with Gasteiger partial charge in [-0.1, -0.05) is 12.1 Å². The predicted octanol–water partition coefficient (Wildman–Crippen LogP) is 4.74. The summed E-state index contributed by atoms with van der Waals surface area (Å²) in [5.74, 6) is 0.931. The van der Waals surface area contributed by atoms with E-state index in [-0.39, 0.29) is 11.7 Å². The van der Waals surface area contributed by atoms with E-state index in [1.165, 1.54) is 12.3 Å². The molecule has 1 unspecified atom stereocenters. The van der Waals surface area contributed by atoms with E-state index in [2.05, 4.69) is 22.1 Å². The number of halogens is 3. The summed E-state index contributed by atoms with van der Waals surface area (Å²) >= 11 is 0. The number of carbonyl (C=O) groups excluding carboxylic acids is 1. The zero-order valence-corrected chi connectivity index (χ0v) is 22.3. The number of nitrogens with two attached hydrogens (primary N) is 1. The number of aromatic nitrogens is 3. The first kappa shape index (κ1) is 26.3. The third-order valence-corrected chi connectivity index (χ3v) is 8.45. The van der Waals surface area contributed by atoms with E-state index < -0.39 is 17.2 Å². The van der Waals surface area contributed by atoms with Crippen LogP contribution in [0.2, 0.25) is 0 Å². The molecule has 40 heavy (non-hydrogen) atoms. The number of amides is 1. The molecule has 3 aliphatic rings. The van der Waals surface area contributed by atoms with Crippen molar-refractivity contribution in [2.75, 3.05) is 34.8 Å². The molecule has 2 fully saturated rings. The summed E-state index contributed by atoms with van der Waals surface area (Å²) < 4.78 is 41.3. The Hall–Kier alpha value is -3.89. The first-order valence-corrected chi connectivity index (χ1v) is 13.8. The second-order valence-electron chi connectivity index (χ2n) is 11.0. The van der Waals surface area contributed by atoms with Gasteiger partial charge >= 0.3 is 6.18 Å². The Kier molecular flexibility index (Phi) is 6.54. The Morgan fingerprint density at radius 2 is 1.82 bits per heavy atom. The molecule has 2 aromatic heterocycles. The van der Waals surface area contributed by atoms with Crippen LogP contribution < -0.4 is 20.9 Å². The van der Waals surface area contributed by atoms with Gasteiger partial charge < -0.3 is 20.9 Å². The summed E-state index contributed by atoms with van der Waals surface area (Å²) in [5, 5.41) is 3.45. The number of primary amides is 1. The largest absolute Gasteiger partial charge is 0.419 e. The minimum Gasteiger partial charge on any atom is -0.369 e.